The van der Waals surface area contributed by atoms with Crippen LogP contribution in [0.2, 0.25) is 0 Å². The summed E-state index contributed by atoms with van der Waals surface area (Å²) in [4.78, 5) is 9.48. The molecule has 0 unspecified atom stereocenters. The summed E-state index contributed by atoms with van der Waals surface area (Å²) in [5.74, 6) is 6.65. The Hall–Kier alpha value is -4.77. The van der Waals surface area contributed by atoms with Gasteiger partial charge in [-0.25, -0.2) is 9.50 Å². The maximum atomic E-state index is 9.56. The highest BCUT2D eigenvalue weighted by Gasteiger charge is 2.19. The van der Waals surface area contributed by atoms with Gasteiger partial charge in [-0.3, -0.25) is 4.90 Å². The van der Waals surface area contributed by atoms with E-state index in [1.54, 1.807) is 16.9 Å². The number of anilines is 1. The summed E-state index contributed by atoms with van der Waals surface area (Å²) in [6.07, 6.45) is 15.9. The largest absolute Gasteiger partial charge is 0.479 e. The molecule has 1 aliphatic heterocycles. The molecule has 0 amide bonds. The number of hydrogen-bond acceptors (Lipinski definition) is 6. The molecule has 176 valence electrons. The van der Waals surface area contributed by atoms with Gasteiger partial charge in [-0.15, -0.1) is 12.8 Å². The Kier molecular flexibility index (Phi) is 6.54. The molecule has 0 N–H and O–H groups in total. The number of nitriles is 1. The minimum absolute atomic E-state index is 0.150. The molecular weight excluding hydrogens is 448 g/mol. The fraction of sp³-hybridized carbons (Fsp3) is 0.207. The van der Waals surface area contributed by atoms with E-state index in [-0.39, 0.29) is 6.61 Å². The van der Waals surface area contributed by atoms with E-state index in [9.17, 15) is 5.26 Å². The van der Waals surface area contributed by atoms with Gasteiger partial charge in [-0.05, 0) is 35.9 Å². The van der Waals surface area contributed by atoms with E-state index in [1.807, 2.05) is 36.5 Å². The fourth-order valence-corrected chi connectivity index (χ4v) is 4.43. The monoisotopic (exact) mass is 472 g/mol. The number of terminal acetylenes is 2. The SMILES string of the molecule is C#CCOc1cc(-c2ccc(N3CCN(Cc4ccc(C#C)cc4)CC3)nc2)c2c(C#N)cnn2c1. The Bertz CT molecular complexity index is 1490. The zero-order valence-corrected chi connectivity index (χ0v) is 19.8. The Labute approximate surface area is 210 Å². The van der Waals surface area contributed by atoms with Gasteiger partial charge in [0.15, 0.2) is 0 Å². The van der Waals surface area contributed by atoms with Crippen LogP contribution in [0.25, 0.3) is 16.6 Å². The van der Waals surface area contributed by atoms with Crippen molar-refractivity contribution in [2.24, 2.45) is 0 Å². The first-order valence-electron chi connectivity index (χ1n) is 11.7. The minimum atomic E-state index is 0.150. The van der Waals surface area contributed by atoms with Crippen molar-refractivity contribution in [1.29, 1.82) is 5.26 Å². The highest BCUT2D eigenvalue weighted by Crippen LogP contribution is 2.31. The number of pyridine rings is 2. The van der Waals surface area contributed by atoms with Crippen LogP contribution in [0.15, 0.2) is 61.1 Å². The van der Waals surface area contributed by atoms with Crippen LogP contribution in [0.3, 0.4) is 0 Å². The lowest BCUT2D eigenvalue weighted by Gasteiger charge is -2.35. The second-order valence-corrected chi connectivity index (χ2v) is 8.56. The lowest BCUT2D eigenvalue weighted by Crippen LogP contribution is -2.46. The zero-order valence-electron chi connectivity index (χ0n) is 19.8. The summed E-state index contributed by atoms with van der Waals surface area (Å²) in [7, 11) is 0. The summed E-state index contributed by atoms with van der Waals surface area (Å²) >= 11 is 0. The minimum Gasteiger partial charge on any atom is -0.479 e. The number of ether oxygens (including phenoxy) is 1. The lowest BCUT2D eigenvalue weighted by atomic mass is 10.1. The van der Waals surface area contributed by atoms with Crippen LogP contribution in [0, 0.1) is 36.0 Å². The van der Waals surface area contributed by atoms with Crippen molar-refractivity contribution in [2.45, 2.75) is 6.54 Å². The van der Waals surface area contributed by atoms with Crippen molar-refractivity contribution < 1.29 is 4.74 Å². The molecule has 1 fully saturated rings. The van der Waals surface area contributed by atoms with E-state index >= 15 is 0 Å². The number of aromatic nitrogens is 3. The highest BCUT2D eigenvalue weighted by atomic mass is 16.5. The first-order valence-corrected chi connectivity index (χ1v) is 11.7. The van der Waals surface area contributed by atoms with Crippen molar-refractivity contribution in [3.63, 3.8) is 0 Å². The summed E-state index contributed by atoms with van der Waals surface area (Å²) < 4.78 is 7.28. The molecule has 36 heavy (non-hydrogen) atoms. The van der Waals surface area contributed by atoms with Gasteiger partial charge in [0.25, 0.3) is 0 Å². The first kappa shape index (κ1) is 23.0. The van der Waals surface area contributed by atoms with Gasteiger partial charge in [0.2, 0.25) is 0 Å². The number of piperazine rings is 1. The van der Waals surface area contributed by atoms with Crippen LogP contribution in [0.1, 0.15) is 16.7 Å². The molecule has 3 aromatic heterocycles. The highest BCUT2D eigenvalue weighted by molar-refractivity contribution is 5.85. The van der Waals surface area contributed by atoms with E-state index in [1.165, 1.54) is 5.56 Å². The zero-order chi connectivity index (χ0) is 24.9. The maximum absolute atomic E-state index is 9.56. The molecule has 0 saturated carbocycles. The summed E-state index contributed by atoms with van der Waals surface area (Å²) in [6, 6.07) is 16.3. The molecule has 4 heterocycles. The number of rotatable bonds is 6. The van der Waals surface area contributed by atoms with Gasteiger partial charge in [-0.2, -0.15) is 10.4 Å². The molecule has 0 atom stereocenters. The molecule has 1 saturated heterocycles. The Balaban J connectivity index is 1.30. The van der Waals surface area contributed by atoms with E-state index < -0.39 is 0 Å². The Morgan fingerprint density at radius 3 is 2.47 bits per heavy atom. The Morgan fingerprint density at radius 1 is 1.00 bits per heavy atom. The number of benzene rings is 1. The van der Waals surface area contributed by atoms with E-state index in [0.29, 0.717) is 16.8 Å². The molecule has 0 aliphatic carbocycles. The van der Waals surface area contributed by atoms with Crippen LogP contribution in [0.4, 0.5) is 5.82 Å². The van der Waals surface area contributed by atoms with Crippen molar-refractivity contribution in [3.8, 4) is 47.6 Å². The smallest absolute Gasteiger partial charge is 0.148 e. The third kappa shape index (κ3) is 4.72. The van der Waals surface area contributed by atoms with Crippen molar-refractivity contribution in [3.05, 3.63) is 77.7 Å². The topological polar surface area (TPSA) is 69.7 Å². The van der Waals surface area contributed by atoms with Crippen molar-refractivity contribution in [2.75, 3.05) is 37.7 Å². The van der Waals surface area contributed by atoms with Crippen LogP contribution in [-0.4, -0.2) is 52.3 Å². The van der Waals surface area contributed by atoms with Gasteiger partial charge in [0.1, 0.15) is 24.2 Å². The molecule has 1 aromatic carbocycles. The molecule has 7 nitrogen and oxygen atoms in total. The van der Waals surface area contributed by atoms with Gasteiger partial charge < -0.3 is 9.64 Å². The molecule has 4 aromatic rings. The average Bonchev–Trinajstić information content (AvgIpc) is 3.35. The quantitative estimate of drug-likeness (QED) is 0.400. The van der Waals surface area contributed by atoms with Crippen LogP contribution < -0.4 is 9.64 Å². The van der Waals surface area contributed by atoms with Crippen LogP contribution >= 0.6 is 0 Å². The molecule has 7 heteroatoms. The first-order chi connectivity index (χ1) is 17.7. The second-order valence-electron chi connectivity index (χ2n) is 8.56. The lowest BCUT2D eigenvalue weighted by molar-refractivity contribution is 0.249. The number of nitrogens with zero attached hydrogens (tertiary/aromatic N) is 6. The molecule has 1 aliphatic rings. The van der Waals surface area contributed by atoms with Gasteiger partial charge in [-0.1, -0.05) is 24.0 Å². The third-order valence-corrected chi connectivity index (χ3v) is 6.31. The molecule has 5 rings (SSSR count). The second kappa shape index (κ2) is 10.2. The van der Waals surface area contributed by atoms with E-state index in [0.717, 1.165) is 55.2 Å². The van der Waals surface area contributed by atoms with Gasteiger partial charge in [0.05, 0.1) is 23.5 Å². The molecule has 0 radical (unpaired) electrons. The van der Waals surface area contributed by atoms with E-state index in [2.05, 4.69) is 44.9 Å². The van der Waals surface area contributed by atoms with Crippen LogP contribution in [0.5, 0.6) is 5.75 Å². The standard InChI is InChI=1S/C29H24N6O/c1-3-15-36-26-16-27(29-25(17-30)19-32-35(29)21-26)24-9-10-28(31-18-24)34-13-11-33(12-14-34)20-23-7-5-22(4-2)6-8-23/h1-2,5-10,16,18-19,21H,11-15,20H2. The van der Waals surface area contributed by atoms with Crippen LogP contribution in [-0.2, 0) is 6.54 Å². The molecule has 0 spiro atoms. The predicted molar refractivity (Wildman–Crippen MR) is 139 cm³/mol. The number of fused-ring (bicyclic) bond motifs is 1. The fourth-order valence-electron chi connectivity index (χ4n) is 4.43. The normalized spacial score (nSPS) is 13.6. The Morgan fingerprint density at radius 2 is 1.81 bits per heavy atom. The predicted octanol–water partition coefficient (Wildman–Crippen LogP) is 3.58. The summed E-state index contributed by atoms with van der Waals surface area (Å²) in [6.45, 7) is 4.77. The average molecular weight is 473 g/mol. The molecule has 0 bridgehead atoms. The molecular formula is C29H24N6O. The maximum Gasteiger partial charge on any atom is 0.148 e. The van der Waals surface area contributed by atoms with E-state index in [4.69, 9.17) is 22.6 Å². The van der Waals surface area contributed by atoms with Crippen molar-refractivity contribution in [1.82, 2.24) is 19.5 Å². The summed E-state index contributed by atoms with van der Waals surface area (Å²) in [5.41, 5.74) is 5.06. The van der Waals surface area contributed by atoms with Crippen molar-refractivity contribution >= 4 is 11.3 Å². The van der Waals surface area contributed by atoms with Gasteiger partial charge in [0, 0.05) is 55.6 Å². The number of hydrogen-bond donors (Lipinski definition) is 0. The third-order valence-electron chi connectivity index (χ3n) is 6.31. The van der Waals surface area contributed by atoms with Gasteiger partial charge >= 0.3 is 0 Å². The summed E-state index contributed by atoms with van der Waals surface area (Å²) in [5, 5.41) is 13.9.